The van der Waals surface area contributed by atoms with E-state index >= 15 is 0 Å². The summed E-state index contributed by atoms with van der Waals surface area (Å²) in [7, 11) is 0. The lowest BCUT2D eigenvalue weighted by Gasteiger charge is -2.01. The number of aryl methyl sites for hydroxylation is 1. The van der Waals surface area contributed by atoms with Crippen molar-refractivity contribution in [2.75, 3.05) is 0 Å². The van der Waals surface area contributed by atoms with Crippen molar-refractivity contribution in [1.29, 1.82) is 0 Å². The van der Waals surface area contributed by atoms with Crippen molar-refractivity contribution in [1.82, 2.24) is 10.3 Å². The van der Waals surface area contributed by atoms with E-state index in [9.17, 15) is 4.79 Å². The van der Waals surface area contributed by atoms with Gasteiger partial charge >= 0.3 is 0 Å². The third kappa shape index (κ3) is 4.50. The van der Waals surface area contributed by atoms with Gasteiger partial charge in [-0.15, -0.1) is 22.7 Å². The number of carbonyl (C=O) groups is 1. The minimum absolute atomic E-state index is 0.0462. The molecule has 3 nitrogen and oxygen atoms in total. The summed E-state index contributed by atoms with van der Waals surface area (Å²) in [6, 6.07) is 14.3. The van der Waals surface area contributed by atoms with Crippen LogP contribution in [0.2, 0.25) is 0 Å². The maximum atomic E-state index is 11.9. The standard InChI is InChI=1S/C18H18N2OS2/c1-13-16(10-14-6-3-2-4-7-14)23-18(20-13)12-19-17(21)11-15-8-5-9-22-15/h2-9H,10-12H2,1H3,(H,19,21). The number of thiazole rings is 1. The van der Waals surface area contributed by atoms with E-state index in [0.717, 1.165) is 22.0 Å². The second-order valence-electron chi connectivity index (χ2n) is 5.31. The molecule has 0 unspecified atom stereocenters. The second kappa shape index (κ2) is 7.53. The molecular weight excluding hydrogens is 324 g/mol. The molecule has 0 saturated heterocycles. The van der Waals surface area contributed by atoms with Gasteiger partial charge in [0.2, 0.25) is 5.91 Å². The Hall–Kier alpha value is -1.98. The van der Waals surface area contributed by atoms with Crippen LogP contribution in [-0.2, 0) is 24.2 Å². The third-order valence-corrected chi connectivity index (χ3v) is 5.53. The van der Waals surface area contributed by atoms with Crippen LogP contribution < -0.4 is 5.32 Å². The van der Waals surface area contributed by atoms with Crippen molar-refractivity contribution in [3.05, 3.63) is 73.9 Å². The van der Waals surface area contributed by atoms with Gasteiger partial charge in [-0.2, -0.15) is 0 Å². The van der Waals surface area contributed by atoms with Crippen molar-refractivity contribution in [2.24, 2.45) is 0 Å². The highest BCUT2D eigenvalue weighted by atomic mass is 32.1. The molecule has 0 atom stereocenters. The highest BCUT2D eigenvalue weighted by Gasteiger charge is 2.10. The van der Waals surface area contributed by atoms with Crippen LogP contribution in [0.4, 0.5) is 0 Å². The Morgan fingerprint density at radius 3 is 2.74 bits per heavy atom. The normalized spacial score (nSPS) is 10.7. The lowest BCUT2D eigenvalue weighted by atomic mass is 10.1. The van der Waals surface area contributed by atoms with Crippen molar-refractivity contribution >= 4 is 28.6 Å². The lowest BCUT2D eigenvalue weighted by molar-refractivity contribution is -0.120. The van der Waals surface area contributed by atoms with Gasteiger partial charge in [0.05, 0.1) is 18.7 Å². The molecule has 0 aliphatic carbocycles. The number of thiophene rings is 1. The topological polar surface area (TPSA) is 42.0 Å². The number of hydrogen-bond donors (Lipinski definition) is 1. The number of nitrogens with one attached hydrogen (secondary N) is 1. The average molecular weight is 342 g/mol. The van der Waals surface area contributed by atoms with E-state index in [2.05, 4.69) is 34.6 Å². The summed E-state index contributed by atoms with van der Waals surface area (Å²) in [4.78, 5) is 18.9. The molecule has 0 spiro atoms. The predicted octanol–water partition coefficient (Wildman–Crippen LogP) is 3.96. The Morgan fingerprint density at radius 1 is 1.17 bits per heavy atom. The summed E-state index contributed by atoms with van der Waals surface area (Å²) >= 11 is 3.29. The second-order valence-corrected chi connectivity index (χ2v) is 7.51. The zero-order chi connectivity index (χ0) is 16.1. The van der Waals surface area contributed by atoms with Gasteiger partial charge in [0.25, 0.3) is 0 Å². The van der Waals surface area contributed by atoms with Crippen LogP contribution in [0.5, 0.6) is 0 Å². The van der Waals surface area contributed by atoms with Crippen LogP contribution in [0.15, 0.2) is 47.8 Å². The molecule has 0 radical (unpaired) electrons. The van der Waals surface area contributed by atoms with E-state index in [0.29, 0.717) is 13.0 Å². The summed E-state index contributed by atoms with van der Waals surface area (Å²) in [6.07, 6.45) is 1.34. The van der Waals surface area contributed by atoms with Crippen LogP contribution in [0, 0.1) is 6.92 Å². The Labute approximate surface area is 144 Å². The molecule has 5 heteroatoms. The molecule has 3 rings (SSSR count). The number of hydrogen-bond acceptors (Lipinski definition) is 4. The SMILES string of the molecule is Cc1nc(CNC(=O)Cc2cccs2)sc1Cc1ccccc1. The molecule has 0 aliphatic rings. The van der Waals surface area contributed by atoms with E-state index in [1.165, 1.54) is 10.4 Å². The summed E-state index contributed by atoms with van der Waals surface area (Å²) in [5.41, 5.74) is 2.34. The van der Waals surface area contributed by atoms with E-state index in [4.69, 9.17) is 0 Å². The van der Waals surface area contributed by atoms with Crippen LogP contribution in [-0.4, -0.2) is 10.9 Å². The van der Waals surface area contributed by atoms with Gasteiger partial charge in [0, 0.05) is 16.2 Å². The van der Waals surface area contributed by atoms with Crippen molar-refractivity contribution in [3.63, 3.8) is 0 Å². The van der Waals surface area contributed by atoms with Gasteiger partial charge in [-0.3, -0.25) is 4.79 Å². The average Bonchev–Trinajstić information content (AvgIpc) is 3.17. The summed E-state index contributed by atoms with van der Waals surface area (Å²) in [5, 5.41) is 5.91. The molecule has 1 N–H and O–H groups in total. The monoisotopic (exact) mass is 342 g/mol. The first-order valence-electron chi connectivity index (χ1n) is 7.49. The lowest BCUT2D eigenvalue weighted by Crippen LogP contribution is -2.24. The highest BCUT2D eigenvalue weighted by Crippen LogP contribution is 2.21. The number of nitrogens with zero attached hydrogens (tertiary/aromatic N) is 1. The molecule has 23 heavy (non-hydrogen) atoms. The highest BCUT2D eigenvalue weighted by molar-refractivity contribution is 7.11. The number of benzene rings is 1. The Bertz CT molecular complexity index is 764. The first kappa shape index (κ1) is 15.9. The van der Waals surface area contributed by atoms with E-state index in [1.54, 1.807) is 22.7 Å². The smallest absolute Gasteiger partial charge is 0.225 e. The van der Waals surface area contributed by atoms with E-state index in [1.807, 2.05) is 30.5 Å². The molecule has 0 aliphatic heterocycles. The molecule has 118 valence electrons. The van der Waals surface area contributed by atoms with Crippen LogP contribution in [0.25, 0.3) is 0 Å². The summed E-state index contributed by atoms with van der Waals surface area (Å²) < 4.78 is 0. The number of carbonyl (C=O) groups excluding carboxylic acids is 1. The van der Waals surface area contributed by atoms with Crippen LogP contribution in [0.3, 0.4) is 0 Å². The zero-order valence-electron chi connectivity index (χ0n) is 12.9. The van der Waals surface area contributed by atoms with Gasteiger partial charge in [-0.25, -0.2) is 4.98 Å². The predicted molar refractivity (Wildman–Crippen MR) is 96.0 cm³/mol. The van der Waals surface area contributed by atoms with Gasteiger partial charge in [-0.1, -0.05) is 36.4 Å². The van der Waals surface area contributed by atoms with Crippen molar-refractivity contribution < 1.29 is 4.79 Å². The molecule has 0 saturated carbocycles. The number of amides is 1. The molecule has 2 aromatic heterocycles. The number of rotatable bonds is 6. The van der Waals surface area contributed by atoms with E-state index in [-0.39, 0.29) is 5.91 Å². The summed E-state index contributed by atoms with van der Waals surface area (Å²) in [6.45, 7) is 2.54. The molecule has 0 fully saturated rings. The van der Waals surface area contributed by atoms with Crippen molar-refractivity contribution in [3.8, 4) is 0 Å². The molecule has 2 heterocycles. The van der Waals surface area contributed by atoms with Gasteiger partial charge < -0.3 is 5.32 Å². The third-order valence-electron chi connectivity index (χ3n) is 3.50. The Balaban J connectivity index is 1.57. The minimum atomic E-state index is 0.0462. The fourth-order valence-corrected chi connectivity index (χ4v) is 4.06. The van der Waals surface area contributed by atoms with Crippen LogP contribution >= 0.6 is 22.7 Å². The van der Waals surface area contributed by atoms with Crippen molar-refractivity contribution in [2.45, 2.75) is 26.3 Å². The fourth-order valence-electron chi connectivity index (χ4n) is 2.32. The summed E-state index contributed by atoms with van der Waals surface area (Å²) in [5.74, 6) is 0.0462. The van der Waals surface area contributed by atoms with Gasteiger partial charge in [-0.05, 0) is 23.9 Å². The molecule has 3 aromatic rings. The van der Waals surface area contributed by atoms with Gasteiger partial charge in [0.1, 0.15) is 5.01 Å². The fraction of sp³-hybridized carbons (Fsp3) is 0.222. The molecule has 1 amide bonds. The minimum Gasteiger partial charge on any atom is -0.349 e. The molecule has 0 bridgehead atoms. The maximum absolute atomic E-state index is 11.9. The Morgan fingerprint density at radius 2 is 2.00 bits per heavy atom. The molecule has 1 aromatic carbocycles. The quantitative estimate of drug-likeness (QED) is 0.737. The Kier molecular flexibility index (Phi) is 5.20. The zero-order valence-corrected chi connectivity index (χ0v) is 14.5. The largest absolute Gasteiger partial charge is 0.349 e. The first-order valence-corrected chi connectivity index (χ1v) is 9.18. The van der Waals surface area contributed by atoms with Gasteiger partial charge in [0.15, 0.2) is 0 Å². The first-order chi connectivity index (χ1) is 11.2. The number of aromatic nitrogens is 1. The van der Waals surface area contributed by atoms with E-state index < -0.39 is 0 Å². The maximum Gasteiger partial charge on any atom is 0.225 e. The van der Waals surface area contributed by atoms with Crippen LogP contribution in [0.1, 0.15) is 26.0 Å². The molecular formula is C18H18N2OS2.